The molecule has 19 heavy (non-hydrogen) atoms. The van der Waals surface area contributed by atoms with Crippen LogP contribution in [0.4, 0.5) is 10.5 Å². The van der Waals surface area contributed by atoms with Gasteiger partial charge < -0.3 is 4.74 Å². The lowest BCUT2D eigenvalue weighted by Crippen LogP contribution is -2.37. The number of rotatable bonds is 4. The number of amides is 3. The Labute approximate surface area is 110 Å². The van der Waals surface area contributed by atoms with Crippen LogP contribution in [0.25, 0.3) is 0 Å². The summed E-state index contributed by atoms with van der Waals surface area (Å²) < 4.78 is 4.81. The molecule has 0 radical (unpaired) electrons. The van der Waals surface area contributed by atoms with Crippen molar-refractivity contribution >= 4 is 23.6 Å². The van der Waals surface area contributed by atoms with Gasteiger partial charge in [0.25, 0.3) is 5.91 Å². The Hall–Kier alpha value is -2.37. The van der Waals surface area contributed by atoms with Gasteiger partial charge in [-0.15, -0.1) is 0 Å². The van der Waals surface area contributed by atoms with Gasteiger partial charge in [-0.05, 0) is 19.1 Å². The SMILES string of the molecule is CCOC(=O)CC1C(=O)NC(=O)N1c1ccccc1. The van der Waals surface area contributed by atoms with Gasteiger partial charge in [0.1, 0.15) is 6.04 Å². The molecule has 1 aliphatic rings. The lowest BCUT2D eigenvalue weighted by molar-refractivity contribution is -0.144. The molecule has 1 aliphatic heterocycles. The van der Waals surface area contributed by atoms with Crippen LogP contribution >= 0.6 is 0 Å². The molecule has 1 fully saturated rings. The highest BCUT2D eigenvalue weighted by atomic mass is 16.5. The topological polar surface area (TPSA) is 75.7 Å². The van der Waals surface area contributed by atoms with E-state index in [4.69, 9.17) is 4.74 Å². The Morgan fingerprint density at radius 1 is 1.32 bits per heavy atom. The van der Waals surface area contributed by atoms with Gasteiger partial charge in [0, 0.05) is 5.69 Å². The van der Waals surface area contributed by atoms with E-state index < -0.39 is 23.9 Å². The number of esters is 1. The quantitative estimate of drug-likeness (QED) is 0.650. The summed E-state index contributed by atoms with van der Waals surface area (Å²) in [6, 6.07) is 7.35. The number of ether oxygens (including phenoxy) is 1. The van der Waals surface area contributed by atoms with E-state index >= 15 is 0 Å². The molecule has 100 valence electrons. The highest BCUT2D eigenvalue weighted by Gasteiger charge is 2.40. The summed E-state index contributed by atoms with van der Waals surface area (Å²) in [5, 5.41) is 2.20. The molecule has 0 spiro atoms. The van der Waals surface area contributed by atoms with E-state index in [-0.39, 0.29) is 13.0 Å². The molecule has 6 nitrogen and oxygen atoms in total. The van der Waals surface area contributed by atoms with Crippen molar-refractivity contribution in [2.75, 3.05) is 11.5 Å². The van der Waals surface area contributed by atoms with Crippen LogP contribution in [0.5, 0.6) is 0 Å². The Balaban J connectivity index is 2.21. The fourth-order valence-corrected chi connectivity index (χ4v) is 1.96. The first-order chi connectivity index (χ1) is 9.13. The van der Waals surface area contributed by atoms with Gasteiger partial charge in [0.05, 0.1) is 13.0 Å². The maximum absolute atomic E-state index is 11.8. The van der Waals surface area contributed by atoms with Gasteiger partial charge in [-0.2, -0.15) is 0 Å². The summed E-state index contributed by atoms with van der Waals surface area (Å²) in [5.41, 5.74) is 0.570. The van der Waals surface area contributed by atoms with Crippen LogP contribution in [-0.4, -0.2) is 30.6 Å². The zero-order valence-corrected chi connectivity index (χ0v) is 10.5. The Bertz CT molecular complexity index is 501. The van der Waals surface area contributed by atoms with Crippen molar-refractivity contribution in [1.29, 1.82) is 0 Å². The molecular formula is C13H14N2O4. The summed E-state index contributed by atoms with van der Waals surface area (Å²) in [4.78, 5) is 36.3. The number of nitrogens with zero attached hydrogens (tertiary/aromatic N) is 1. The summed E-state index contributed by atoms with van der Waals surface area (Å²) in [5.74, 6) is -0.986. The maximum Gasteiger partial charge on any atom is 0.329 e. The van der Waals surface area contributed by atoms with Gasteiger partial charge in [-0.1, -0.05) is 18.2 Å². The number of hydrogen-bond donors (Lipinski definition) is 1. The molecule has 1 unspecified atom stereocenters. The van der Waals surface area contributed by atoms with Crippen molar-refractivity contribution in [3.8, 4) is 0 Å². The summed E-state index contributed by atoms with van der Waals surface area (Å²) in [7, 11) is 0. The second kappa shape index (κ2) is 5.51. The molecule has 1 saturated heterocycles. The van der Waals surface area contributed by atoms with E-state index in [0.29, 0.717) is 5.69 Å². The fraction of sp³-hybridized carbons (Fsp3) is 0.308. The molecule has 0 bridgehead atoms. The van der Waals surface area contributed by atoms with Crippen molar-refractivity contribution in [3.63, 3.8) is 0 Å². The average molecular weight is 262 g/mol. The van der Waals surface area contributed by atoms with Crippen molar-refractivity contribution in [2.45, 2.75) is 19.4 Å². The number of hydrogen-bond acceptors (Lipinski definition) is 4. The molecular weight excluding hydrogens is 248 g/mol. The van der Waals surface area contributed by atoms with E-state index in [1.807, 2.05) is 0 Å². The minimum Gasteiger partial charge on any atom is -0.466 e. The number of carbonyl (C=O) groups excluding carboxylic acids is 3. The van der Waals surface area contributed by atoms with Crippen LogP contribution in [-0.2, 0) is 14.3 Å². The Kier molecular flexibility index (Phi) is 3.79. The number of benzene rings is 1. The molecule has 0 aliphatic carbocycles. The minimum absolute atomic E-state index is 0.152. The van der Waals surface area contributed by atoms with E-state index in [1.165, 1.54) is 4.90 Å². The molecule has 6 heteroatoms. The molecule has 0 saturated carbocycles. The molecule has 0 aromatic heterocycles. The minimum atomic E-state index is -0.853. The van der Waals surface area contributed by atoms with Crippen LogP contribution in [0.1, 0.15) is 13.3 Å². The third kappa shape index (κ3) is 2.73. The van der Waals surface area contributed by atoms with E-state index in [1.54, 1.807) is 37.3 Å². The van der Waals surface area contributed by atoms with Gasteiger partial charge in [-0.3, -0.25) is 19.8 Å². The Morgan fingerprint density at radius 2 is 2.00 bits per heavy atom. The molecule has 1 aromatic rings. The summed E-state index contributed by atoms with van der Waals surface area (Å²) >= 11 is 0. The highest BCUT2D eigenvalue weighted by Crippen LogP contribution is 2.22. The molecule has 1 atom stereocenters. The van der Waals surface area contributed by atoms with Crippen molar-refractivity contribution < 1.29 is 19.1 Å². The lowest BCUT2D eigenvalue weighted by Gasteiger charge is -2.20. The van der Waals surface area contributed by atoms with Crippen LogP contribution in [0.15, 0.2) is 30.3 Å². The van der Waals surface area contributed by atoms with Gasteiger partial charge in [0.15, 0.2) is 0 Å². The molecule has 3 amide bonds. The smallest absolute Gasteiger partial charge is 0.329 e. The highest BCUT2D eigenvalue weighted by molar-refractivity contribution is 6.15. The fourth-order valence-electron chi connectivity index (χ4n) is 1.96. The monoisotopic (exact) mass is 262 g/mol. The lowest BCUT2D eigenvalue weighted by atomic mass is 10.1. The number of para-hydroxylation sites is 1. The summed E-state index contributed by atoms with van der Waals surface area (Å²) in [6.45, 7) is 1.93. The van der Waals surface area contributed by atoms with Crippen molar-refractivity contribution in [3.05, 3.63) is 30.3 Å². The van der Waals surface area contributed by atoms with Crippen LogP contribution < -0.4 is 10.2 Å². The molecule has 1 N–H and O–H groups in total. The first-order valence-corrected chi connectivity index (χ1v) is 5.98. The van der Waals surface area contributed by atoms with Gasteiger partial charge in [0.2, 0.25) is 0 Å². The molecule has 2 rings (SSSR count). The van der Waals surface area contributed by atoms with Crippen LogP contribution in [0, 0.1) is 0 Å². The first-order valence-electron chi connectivity index (χ1n) is 5.98. The predicted molar refractivity (Wildman–Crippen MR) is 67.5 cm³/mol. The first kappa shape index (κ1) is 13.1. The van der Waals surface area contributed by atoms with Crippen LogP contribution in [0.3, 0.4) is 0 Å². The number of urea groups is 1. The largest absolute Gasteiger partial charge is 0.466 e. The summed E-state index contributed by atoms with van der Waals surface area (Å²) in [6.07, 6.45) is -0.152. The van der Waals surface area contributed by atoms with Crippen molar-refractivity contribution in [2.24, 2.45) is 0 Å². The molecule has 1 aromatic carbocycles. The molecule has 1 heterocycles. The number of anilines is 1. The standard InChI is InChI=1S/C13H14N2O4/c1-2-19-11(16)8-10-12(17)14-13(18)15(10)9-6-4-3-5-7-9/h3-7,10H,2,8H2,1H3,(H,14,17,18). The zero-order valence-electron chi connectivity index (χ0n) is 10.5. The number of carbonyl (C=O) groups is 3. The normalized spacial score (nSPS) is 18.4. The third-order valence-corrected chi connectivity index (χ3v) is 2.76. The second-order valence-electron chi connectivity index (χ2n) is 4.02. The van der Waals surface area contributed by atoms with Gasteiger partial charge in [-0.25, -0.2) is 4.79 Å². The second-order valence-corrected chi connectivity index (χ2v) is 4.02. The average Bonchev–Trinajstić information content (AvgIpc) is 2.65. The van der Waals surface area contributed by atoms with E-state index in [9.17, 15) is 14.4 Å². The maximum atomic E-state index is 11.8. The predicted octanol–water partition coefficient (Wildman–Crippen LogP) is 1.06. The van der Waals surface area contributed by atoms with Crippen LogP contribution in [0.2, 0.25) is 0 Å². The van der Waals surface area contributed by atoms with E-state index in [0.717, 1.165) is 0 Å². The van der Waals surface area contributed by atoms with Gasteiger partial charge >= 0.3 is 12.0 Å². The third-order valence-electron chi connectivity index (χ3n) is 2.76. The number of imide groups is 1. The van der Waals surface area contributed by atoms with Crippen molar-refractivity contribution in [1.82, 2.24) is 5.32 Å². The zero-order chi connectivity index (χ0) is 13.8. The number of nitrogens with one attached hydrogen (secondary N) is 1. The van der Waals surface area contributed by atoms with E-state index in [2.05, 4.69) is 5.32 Å². The Morgan fingerprint density at radius 3 is 2.63 bits per heavy atom.